The molecule has 174 valence electrons. The number of amides is 4. The lowest BCUT2D eigenvalue weighted by atomic mass is 10.1. The molecule has 32 heavy (non-hydrogen) atoms. The van der Waals surface area contributed by atoms with Crippen LogP contribution in [0.2, 0.25) is 0 Å². The van der Waals surface area contributed by atoms with Crippen LogP contribution in [-0.4, -0.2) is 62.2 Å². The Morgan fingerprint density at radius 1 is 1.09 bits per heavy atom. The number of anilines is 3. The van der Waals surface area contributed by atoms with E-state index in [1.165, 1.54) is 36.2 Å². The molecule has 1 aliphatic heterocycles. The van der Waals surface area contributed by atoms with E-state index in [2.05, 4.69) is 44.1 Å². The van der Waals surface area contributed by atoms with Crippen molar-refractivity contribution in [1.82, 2.24) is 20.5 Å². The van der Waals surface area contributed by atoms with E-state index in [-0.39, 0.29) is 12.1 Å². The lowest BCUT2D eigenvalue weighted by molar-refractivity contribution is 0.239. The molecule has 4 amide bonds. The lowest BCUT2D eigenvalue weighted by Crippen LogP contribution is -2.38. The van der Waals surface area contributed by atoms with Crippen LogP contribution in [0, 0.1) is 6.92 Å². The molecule has 4 N–H and O–H groups in total. The zero-order valence-electron chi connectivity index (χ0n) is 19.0. The number of aromatic nitrogens is 1. The van der Waals surface area contributed by atoms with Crippen LogP contribution in [0.4, 0.5) is 26.1 Å². The molecular formula is C22H33N7O2S. The second-order valence-electron chi connectivity index (χ2n) is 8.19. The predicted octanol–water partition coefficient (Wildman–Crippen LogP) is 3.45. The second-order valence-corrected chi connectivity index (χ2v) is 9.31. The van der Waals surface area contributed by atoms with Gasteiger partial charge < -0.3 is 25.8 Å². The molecule has 0 atom stereocenters. The Balaban J connectivity index is 1.51. The van der Waals surface area contributed by atoms with Crippen LogP contribution < -0.4 is 26.2 Å². The Kier molecular flexibility index (Phi) is 8.69. The number of hydrogen-bond donors (Lipinski definition) is 4. The SMILES string of the molecule is Cc1ccc(NC(=O)Nc2ncc(CNC(=O)NCCN(C)C)s2)c(N2CCCCC2)c1. The molecule has 0 aliphatic carbocycles. The first-order chi connectivity index (χ1) is 15.4. The van der Waals surface area contributed by atoms with Crippen molar-refractivity contribution in [1.29, 1.82) is 0 Å². The van der Waals surface area contributed by atoms with E-state index in [0.29, 0.717) is 18.2 Å². The molecule has 1 fully saturated rings. The molecule has 0 bridgehead atoms. The third-order valence-corrected chi connectivity index (χ3v) is 6.05. The third kappa shape index (κ3) is 7.38. The van der Waals surface area contributed by atoms with Gasteiger partial charge in [0.15, 0.2) is 5.13 Å². The monoisotopic (exact) mass is 459 g/mol. The van der Waals surface area contributed by atoms with Crippen LogP contribution in [0.3, 0.4) is 0 Å². The highest BCUT2D eigenvalue weighted by molar-refractivity contribution is 7.15. The van der Waals surface area contributed by atoms with Gasteiger partial charge in [0, 0.05) is 37.3 Å². The van der Waals surface area contributed by atoms with Gasteiger partial charge in [0.25, 0.3) is 0 Å². The molecule has 0 spiro atoms. The van der Waals surface area contributed by atoms with Crippen molar-refractivity contribution in [2.75, 3.05) is 55.8 Å². The summed E-state index contributed by atoms with van der Waals surface area (Å²) in [6.07, 6.45) is 5.25. The summed E-state index contributed by atoms with van der Waals surface area (Å²) in [5, 5.41) is 11.8. The Labute approximate surface area is 193 Å². The maximum absolute atomic E-state index is 12.6. The van der Waals surface area contributed by atoms with E-state index >= 15 is 0 Å². The van der Waals surface area contributed by atoms with Crippen molar-refractivity contribution in [3.8, 4) is 0 Å². The smallest absolute Gasteiger partial charge is 0.325 e. The van der Waals surface area contributed by atoms with Gasteiger partial charge in [0.05, 0.1) is 17.9 Å². The number of urea groups is 2. The first kappa shape index (κ1) is 23.8. The molecule has 1 aliphatic rings. The van der Waals surface area contributed by atoms with Crippen LogP contribution >= 0.6 is 11.3 Å². The zero-order valence-corrected chi connectivity index (χ0v) is 19.8. The van der Waals surface area contributed by atoms with E-state index in [1.54, 1.807) is 6.20 Å². The van der Waals surface area contributed by atoms with Crippen molar-refractivity contribution >= 4 is 39.9 Å². The van der Waals surface area contributed by atoms with Crippen molar-refractivity contribution in [3.63, 3.8) is 0 Å². The highest BCUT2D eigenvalue weighted by Crippen LogP contribution is 2.30. The molecule has 0 unspecified atom stereocenters. The fraction of sp³-hybridized carbons (Fsp3) is 0.500. The molecular weight excluding hydrogens is 426 g/mol. The predicted molar refractivity (Wildman–Crippen MR) is 131 cm³/mol. The maximum Gasteiger partial charge on any atom is 0.325 e. The molecule has 2 aromatic rings. The number of aryl methyl sites for hydroxylation is 1. The Hall–Kier alpha value is -2.85. The molecule has 1 aromatic carbocycles. The zero-order chi connectivity index (χ0) is 22.9. The highest BCUT2D eigenvalue weighted by atomic mass is 32.1. The summed E-state index contributed by atoms with van der Waals surface area (Å²) in [4.78, 5) is 33.9. The molecule has 0 radical (unpaired) electrons. The number of thiazole rings is 1. The molecule has 10 heteroatoms. The number of rotatable bonds is 8. The maximum atomic E-state index is 12.6. The number of benzene rings is 1. The minimum Gasteiger partial charge on any atom is -0.370 e. The van der Waals surface area contributed by atoms with Crippen LogP contribution in [0.1, 0.15) is 29.7 Å². The summed E-state index contributed by atoms with van der Waals surface area (Å²) < 4.78 is 0. The average molecular weight is 460 g/mol. The van der Waals surface area contributed by atoms with Crippen molar-refractivity contribution in [3.05, 3.63) is 34.8 Å². The van der Waals surface area contributed by atoms with E-state index < -0.39 is 0 Å². The number of piperidine rings is 1. The first-order valence-electron chi connectivity index (χ1n) is 11.0. The van der Waals surface area contributed by atoms with Gasteiger partial charge in [-0.05, 0) is 58.0 Å². The van der Waals surface area contributed by atoms with Crippen LogP contribution in [0.15, 0.2) is 24.4 Å². The van der Waals surface area contributed by atoms with Gasteiger partial charge in [-0.2, -0.15) is 0 Å². The van der Waals surface area contributed by atoms with Gasteiger partial charge >= 0.3 is 12.1 Å². The number of nitrogens with zero attached hydrogens (tertiary/aromatic N) is 3. The van der Waals surface area contributed by atoms with Crippen LogP contribution in [0.5, 0.6) is 0 Å². The van der Waals surface area contributed by atoms with E-state index in [1.807, 2.05) is 31.1 Å². The van der Waals surface area contributed by atoms with Gasteiger partial charge in [0.2, 0.25) is 0 Å². The minimum absolute atomic E-state index is 0.225. The Morgan fingerprint density at radius 2 is 1.88 bits per heavy atom. The van der Waals surface area contributed by atoms with E-state index in [9.17, 15) is 9.59 Å². The number of hydrogen-bond acceptors (Lipinski definition) is 6. The second kappa shape index (κ2) is 11.7. The van der Waals surface area contributed by atoms with Crippen LogP contribution in [-0.2, 0) is 6.54 Å². The van der Waals surface area contributed by atoms with Gasteiger partial charge in [-0.15, -0.1) is 0 Å². The largest absolute Gasteiger partial charge is 0.370 e. The van der Waals surface area contributed by atoms with E-state index in [0.717, 1.165) is 35.9 Å². The summed E-state index contributed by atoms with van der Waals surface area (Å²) in [6.45, 7) is 5.78. The van der Waals surface area contributed by atoms with Gasteiger partial charge in [0.1, 0.15) is 0 Å². The Morgan fingerprint density at radius 3 is 2.62 bits per heavy atom. The number of carbonyl (C=O) groups excluding carboxylic acids is 2. The minimum atomic E-state index is -0.331. The van der Waals surface area contributed by atoms with Crippen molar-refractivity contribution in [2.45, 2.75) is 32.7 Å². The molecule has 2 heterocycles. The van der Waals surface area contributed by atoms with Gasteiger partial charge in [-0.1, -0.05) is 17.4 Å². The first-order valence-corrected chi connectivity index (χ1v) is 11.8. The van der Waals surface area contributed by atoms with Crippen molar-refractivity contribution < 1.29 is 9.59 Å². The van der Waals surface area contributed by atoms with E-state index in [4.69, 9.17) is 0 Å². The van der Waals surface area contributed by atoms with Gasteiger partial charge in [-0.3, -0.25) is 5.32 Å². The lowest BCUT2D eigenvalue weighted by Gasteiger charge is -2.30. The standard InChI is InChI=1S/C22H33N7O2S/c1-16-7-8-18(19(13-16)29-10-5-4-6-11-29)26-21(31)27-22-25-15-17(32-22)14-24-20(30)23-9-12-28(2)3/h7-8,13,15H,4-6,9-12,14H2,1-3H3,(H2,23,24,30)(H2,25,26,27,31). The normalized spacial score (nSPS) is 13.7. The quantitative estimate of drug-likeness (QED) is 0.484. The summed E-state index contributed by atoms with van der Waals surface area (Å²) >= 11 is 1.33. The molecule has 1 saturated heterocycles. The van der Waals surface area contributed by atoms with Crippen LogP contribution in [0.25, 0.3) is 0 Å². The summed E-state index contributed by atoms with van der Waals surface area (Å²) in [6, 6.07) is 5.52. The van der Waals surface area contributed by atoms with Crippen molar-refractivity contribution in [2.24, 2.45) is 0 Å². The highest BCUT2D eigenvalue weighted by Gasteiger charge is 2.17. The number of likely N-dealkylation sites (N-methyl/N-ethyl adjacent to an activating group) is 1. The number of nitrogens with one attached hydrogen (secondary N) is 4. The fourth-order valence-electron chi connectivity index (χ4n) is 3.46. The topological polar surface area (TPSA) is 102 Å². The molecule has 3 rings (SSSR count). The fourth-order valence-corrected chi connectivity index (χ4v) is 4.21. The summed E-state index contributed by atoms with van der Waals surface area (Å²) in [5.74, 6) is 0. The Bertz CT molecular complexity index is 909. The average Bonchev–Trinajstić information content (AvgIpc) is 3.21. The summed E-state index contributed by atoms with van der Waals surface area (Å²) in [5.41, 5.74) is 3.02. The summed E-state index contributed by atoms with van der Waals surface area (Å²) in [7, 11) is 3.91. The molecule has 1 aromatic heterocycles. The molecule has 9 nitrogen and oxygen atoms in total. The number of carbonyl (C=O) groups is 2. The molecule has 0 saturated carbocycles. The third-order valence-electron chi connectivity index (χ3n) is 5.14. The van der Waals surface area contributed by atoms with Gasteiger partial charge in [-0.25, -0.2) is 14.6 Å².